The first-order valence-electron chi connectivity index (χ1n) is 2.67. The number of ether oxygens (including phenoxy) is 1. The highest BCUT2D eigenvalue weighted by Crippen LogP contribution is 1.85. The summed E-state index contributed by atoms with van der Waals surface area (Å²) < 4.78 is 4.30. The van der Waals surface area contributed by atoms with Gasteiger partial charge in [0.15, 0.2) is 0 Å². The van der Waals surface area contributed by atoms with Crippen LogP contribution in [0.1, 0.15) is 6.92 Å². The Bertz CT molecular complexity index is 162. The Morgan fingerprint density at radius 3 is 2.60 bits per heavy atom. The smallest absolute Gasteiger partial charge is 0.332 e. The van der Waals surface area contributed by atoms with E-state index in [1.54, 1.807) is 6.92 Å². The van der Waals surface area contributed by atoms with Crippen LogP contribution in [0.25, 0.3) is 0 Å². The van der Waals surface area contributed by atoms with Crippen LogP contribution in [0.3, 0.4) is 0 Å². The summed E-state index contributed by atoms with van der Waals surface area (Å²) in [6.07, 6.45) is 1.68. The zero-order chi connectivity index (χ0) is 7.98. The first-order valence-corrected chi connectivity index (χ1v) is 2.67. The van der Waals surface area contributed by atoms with Crippen molar-refractivity contribution >= 4 is 12.4 Å². The highest BCUT2D eigenvalue weighted by atomic mass is 16.5. The molecule has 0 heterocycles. The van der Waals surface area contributed by atoms with E-state index in [9.17, 15) is 9.59 Å². The molecule has 1 N–H and O–H groups in total. The molecule has 0 saturated heterocycles. The number of esters is 1. The van der Waals surface area contributed by atoms with E-state index in [1.807, 2.05) is 0 Å². The molecule has 0 rings (SSSR count). The van der Waals surface area contributed by atoms with Crippen LogP contribution in [0.15, 0.2) is 11.8 Å². The molecule has 4 heteroatoms. The third kappa shape index (κ3) is 3.65. The van der Waals surface area contributed by atoms with Crippen molar-refractivity contribution in [3.05, 3.63) is 11.8 Å². The monoisotopic (exact) mass is 143 g/mol. The number of methoxy groups -OCH3 is 1. The summed E-state index contributed by atoms with van der Waals surface area (Å²) in [6.45, 7) is 1.59. The maximum absolute atomic E-state index is 10.4. The molecule has 0 aliphatic rings. The minimum Gasteiger partial charge on any atom is -0.466 e. The van der Waals surface area contributed by atoms with Crippen molar-refractivity contribution in [2.75, 3.05) is 7.11 Å². The molecule has 0 radical (unpaired) electrons. The van der Waals surface area contributed by atoms with E-state index in [0.717, 1.165) is 0 Å². The topological polar surface area (TPSA) is 55.4 Å². The lowest BCUT2D eigenvalue weighted by Gasteiger charge is -1.95. The van der Waals surface area contributed by atoms with Crippen LogP contribution in [0.5, 0.6) is 0 Å². The first-order chi connectivity index (χ1) is 4.70. The number of hydrogen-bond donors (Lipinski definition) is 1. The maximum Gasteiger partial charge on any atom is 0.332 e. The number of nitrogens with one attached hydrogen (secondary N) is 1. The molecule has 0 bridgehead atoms. The predicted octanol–water partition coefficient (Wildman–Crippen LogP) is -0.191. The van der Waals surface area contributed by atoms with E-state index in [4.69, 9.17) is 0 Å². The van der Waals surface area contributed by atoms with E-state index < -0.39 is 5.97 Å². The molecule has 0 aliphatic heterocycles. The highest BCUT2D eigenvalue weighted by Gasteiger charge is 1.93. The van der Waals surface area contributed by atoms with E-state index >= 15 is 0 Å². The van der Waals surface area contributed by atoms with Gasteiger partial charge in [-0.2, -0.15) is 0 Å². The van der Waals surface area contributed by atoms with E-state index in [-0.39, 0.29) is 0 Å². The van der Waals surface area contributed by atoms with E-state index in [1.165, 1.54) is 13.2 Å². The largest absolute Gasteiger partial charge is 0.466 e. The van der Waals surface area contributed by atoms with Gasteiger partial charge in [0.2, 0.25) is 6.41 Å². The maximum atomic E-state index is 10.4. The normalized spacial score (nSPS) is 10.4. The Kier molecular flexibility index (Phi) is 3.95. The van der Waals surface area contributed by atoms with E-state index in [0.29, 0.717) is 12.1 Å². The van der Waals surface area contributed by atoms with Crippen molar-refractivity contribution in [1.82, 2.24) is 5.32 Å². The van der Waals surface area contributed by atoms with Gasteiger partial charge in [0.05, 0.1) is 7.11 Å². The molecule has 10 heavy (non-hydrogen) atoms. The van der Waals surface area contributed by atoms with Gasteiger partial charge in [0, 0.05) is 11.8 Å². The minimum absolute atomic E-state index is 0.460. The summed E-state index contributed by atoms with van der Waals surface area (Å²) in [5.74, 6) is -0.480. The lowest BCUT2D eigenvalue weighted by Crippen LogP contribution is -2.09. The molecular formula is C6H9NO3. The minimum atomic E-state index is -0.480. The number of carbonyl (C=O) groups excluding carboxylic acids is 2. The van der Waals surface area contributed by atoms with Gasteiger partial charge < -0.3 is 10.1 Å². The molecule has 0 aromatic rings. The summed E-state index contributed by atoms with van der Waals surface area (Å²) in [5, 5.41) is 2.29. The SMILES string of the molecule is COC(=O)/C=C(/C)NC=O. The van der Waals surface area contributed by atoms with Crippen molar-refractivity contribution in [2.24, 2.45) is 0 Å². The summed E-state index contributed by atoms with van der Waals surface area (Å²) in [7, 11) is 1.27. The number of allylic oxidation sites excluding steroid dienone is 1. The molecule has 4 nitrogen and oxygen atoms in total. The average Bonchev–Trinajstić information content (AvgIpc) is 1.88. The van der Waals surface area contributed by atoms with Gasteiger partial charge in [-0.1, -0.05) is 0 Å². The predicted molar refractivity (Wildman–Crippen MR) is 35.0 cm³/mol. The average molecular weight is 143 g/mol. The van der Waals surface area contributed by atoms with Gasteiger partial charge in [-0.3, -0.25) is 4.79 Å². The van der Waals surface area contributed by atoms with Crippen LogP contribution in [0, 0.1) is 0 Å². The fraction of sp³-hybridized carbons (Fsp3) is 0.333. The van der Waals surface area contributed by atoms with Crippen LogP contribution >= 0.6 is 0 Å². The zero-order valence-electron chi connectivity index (χ0n) is 5.88. The number of hydrogen-bond acceptors (Lipinski definition) is 3. The molecule has 0 fully saturated rings. The van der Waals surface area contributed by atoms with Gasteiger partial charge in [0.25, 0.3) is 0 Å². The molecule has 0 spiro atoms. The quantitative estimate of drug-likeness (QED) is 0.338. The van der Waals surface area contributed by atoms with Crippen LogP contribution in [-0.4, -0.2) is 19.5 Å². The van der Waals surface area contributed by atoms with Crippen molar-refractivity contribution in [1.29, 1.82) is 0 Å². The van der Waals surface area contributed by atoms with E-state index in [2.05, 4.69) is 10.1 Å². The number of amides is 1. The van der Waals surface area contributed by atoms with Gasteiger partial charge in [-0.05, 0) is 6.92 Å². The summed E-state index contributed by atoms with van der Waals surface area (Å²) in [4.78, 5) is 20.2. The van der Waals surface area contributed by atoms with Crippen molar-refractivity contribution in [3.63, 3.8) is 0 Å². The summed E-state index contributed by atoms with van der Waals surface area (Å²) in [6, 6.07) is 0. The number of rotatable bonds is 3. The van der Waals surface area contributed by atoms with Crippen molar-refractivity contribution < 1.29 is 14.3 Å². The molecule has 1 amide bonds. The van der Waals surface area contributed by atoms with Gasteiger partial charge in [0.1, 0.15) is 0 Å². The Balaban J connectivity index is 3.88. The first kappa shape index (κ1) is 8.68. The molecule has 0 aromatic carbocycles. The van der Waals surface area contributed by atoms with Gasteiger partial charge >= 0.3 is 5.97 Å². The lowest BCUT2D eigenvalue weighted by atomic mass is 10.4. The second-order valence-corrected chi connectivity index (χ2v) is 1.61. The Hall–Kier alpha value is -1.32. The van der Waals surface area contributed by atoms with Crippen molar-refractivity contribution in [2.45, 2.75) is 6.92 Å². The molecule has 0 saturated carbocycles. The fourth-order valence-corrected chi connectivity index (χ4v) is 0.370. The second-order valence-electron chi connectivity index (χ2n) is 1.61. The molecule has 56 valence electrons. The summed E-state index contributed by atoms with van der Waals surface area (Å²) in [5.41, 5.74) is 0.460. The van der Waals surface area contributed by atoms with Gasteiger partial charge in [-0.15, -0.1) is 0 Å². The third-order valence-electron chi connectivity index (χ3n) is 0.822. The number of carbonyl (C=O) groups is 2. The van der Waals surface area contributed by atoms with Crippen LogP contribution in [-0.2, 0) is 14.3 Å². The third-order valence-corrected chi connectivity index (χ3v) is 0.822. The molecule has 0 aromatic heterocycles. The van der Waals surface area contributed by atoms with Crippen LogP contribution < -0.4 is 5.32 Å². The zero-order valence-corrected chi connectivity index (χ0v) is 5.88. The standard InChI is InChI=1S/C6H9NO3/c1-5(7-4-8)3-6(9)10-2/h3-4H,1-2H3,(H,7,8)/b5-3-. The van der Waals surface area contributed by atoms with Crippen LogP contribution in [0.4, 0.5) is 0 Å². The Labute approximate surface area is 58.9 Å². The molecule has 0 atom stereocenters. The van der Waals surface area contributed by atoms with Crippen molar-refractivity contribution in [3.8, 4) is 0 Å². The Morgan fingerprint density at radius 2 is 2.20 bits per heavy atom. The fourth-order valence-electron chi connectivity index (χ4n) is 0.370. The highest BCUT2D eigenvalue weighted by molar-refractivity contribution is 5.82. The lowest BCUT2D eigenvalue weighted by molar-refractivity contribution is -0.134. The second kappa shape index (κ2) is 4.55. The molecular weight excluding hydrogens is 134 g/mol. The van der Waals surface area contributed by atoms with Gasteiger partial charge in [-0.25, -0.2) is 4.79 Å². The van der Waals surface area contributed by atoms with Crippen LogP contribution in [0.2, 0.25) is 0 Å². The molecule has 0 unspecified atom stereocenters. The Morgan fingerprint density at radius 1 is 1.60 bits per heavy atom. The summed E-state index contributed by atoms with van der Waals surface area (Å²) >= 11 is 0. The molecule has 0 aliphatic carbocycles.